The lowest BCUT2D eigenvalue weighted by molar-refractivity contribution is 0.439. The van der Waals surface area contributed by atoms with E-state index < -0.39 is 0 Å². The molecular formula is C18H23N5O. The quantitative estimate of drug-likeness (QED) is 0.616. The molecule has 1 aromatic heterocycles. The standard InChI is InChI=1S/C18H23N5O/c1-5-14(6-2)17-21-16(11-19)18(24-17)22-20-12-13-7-9-15(10-8-13)23(3)4/h7-10,12,14,22H,5-6H2,1-4H3. The lowest BCUT2D eigenvalue weighted by atomic mass is 10.0. The minimum Gasteiger partial charge on any atom is -0.422 e. The van der Waals surface area contributed by atoms with E-state index in [-0.39, 0.29) is 11.6 Å². The summed E-state index contributed by atoms with van der Waals surface area (Å²) in [5, 5.41) is 13.3. The summed E-state index contributed by atoms with van der Waals surface area (Å²) >= 11 is 0. The third-order valence-corrected chi connectivity index (χ3v) is 3.87. The largest absolute Gasteiger partial charge is 0.422 e. The minimum atomic E-state index is 0.218. The number of hydrogen-bond acceptors (Lipinski definition) is 6. The summed E-state index contributed by atoms with van der Waals surface area (Å²) in [5.74, 6) is 1.10. The van der Waals surface area contributed by atoms with Crippen molar-refractivity contribution in [3.8, 4) is 6.07 Å². The number of nitrogens with zero attached hydrogens (tertiary/aromatic N) is 4. The first-order valence-electron chi connectivity index (χ1n) is 8.06. The molecule has 6 heteroatoms. The topological polar surface area (TPSA) is 77.5 Å². The number of hydrazone groups is 1. The highest BCUT2D eigenvalue weighted by atomic mass is 16.4. The minimum absolute atomic E-state index is 0.218. The van der Waals surface area contributed by atoms with Gasteiger partial charge in [-0.3, -0.25) is 0 Å². The molecule has 0 aliphatic carbocycles. The van der Waals surface area contributed by atoms with Gasteiger partial charge >= 0.3 is 0 Å². The molecule has 0 aliphatic heterocycles. The van der Waals surface area contributed by atoms with Crippen LogP contribution in [-0.2, 0) is 0 Å². The highest BCUT2D eigenvalue weighted by molar-refractivity contribution is 5.80. The van der Waals surface area contributed by atoms with Gasteiger partial charge in [-0.15, -0.1) is 0 Å². The number of anilines is 2. The van der Waals surface area contributed by atoms with Crippen molar-refractivity contribution in [2.24, 2.45) is 5.10 Å². The van der Waals surface area contributed by atoms with Crippen LogP contribution in [0.2, 0.25) is 0 Å². The molecule has 1 N–H and O–H groups in total. The van der Waals surface area contributed by atoms with Crippen LogP contribution >= 0.6 is 0 Å². The van der Waals surface area contributed by atoms with Crippen molar-refractivity contribution < 1.29 is 4.42 Å². The summed E-state index contributed by atoms with van der Waals surface area (Å²) < 4.78 is 5.67. The van der Waals surface area contributed by atoms with E-state index >= 15 is 0 Å². The highest BCUT2D eigenvalue weighted by Crippen LogP contribution is 2.27. The highest BCUT2D eigenvalue weighted by Gasteiger charge is 2.18. The third-order valence-electron chi connectivity index (χ3n) is 3.87. The first-order chi connectivity index (χ1) is 11.6. The Morgan fingerprint density at radius 1 is 1.29 bits per heavy atom. The molecule has 1 heterocycles. The Kier molecular flexibility index (Phi) is 5.96. The molecule has 2 rings (SSSR count). The van der Waals surface area contributed by atoms with E-state index in [0.717, 1.165) is 24.1 Å². The second-order valence-electron chi connectivity index (χ2n) is 5.71. The maximum atomic E-state index is 9.19. The fraction of sp³-hybridized carbons (Fsp3) is 0.389. The van der Waals surface area contributed by atoms with Gasteiger partial charge in [-0.05, 0) is 30.5 Å². The fourth-order valence-electron chi connectivity index (χ4n) is 2.32. The maximum Gasteiger partial charge on any atom is 0.252 e. The summed E-state index contributed by atoms with van der Waals surface area (Å²) in [6, 6.07) is 10.0. The lowest BCUT2D eigenvalue weighted by Gasteiger charge is -2.11. The van der Waals surface area contributed by atoms with Crippen molar-refractivity contribution in [2.75, 3.05) is 24.4 Å². The predicted molar refractivity (Wildman–Crippen MR) is 96.5 cm³/mol. The Hall–Kier alpha value is -2.81. The van der Waals surface area contributed by atoms with Gasteiger partial charge in [0.1, 0.15) is 6.07 Å². The number of nitrogens with one attached hydrogen (secondary N) is 1. The van der Waals surface area contributed by atoms with Crippen molar-refractivity contribution in [1.29, 1.82) is 5.26 Å². The zero-order valence-corrected chi connectivity index (χ0v) is 14.6. The van der Waals surface area contributed by atoms with Crippen LogP contribution in [0.3, 0.4) is 0 Å². The zero-order valence-electron chi connectivity index (χ0n) is 14.6. The van der Waals surface area contributed by atoms with Crippen molar-refractivity contribution in [3.05, 3.63) is 41.4 Å². The summed E-state index contributed by atoms with van der Waals surface area (Å²) in [6.07, 6.45) is 3.52. The number of nitriles is 1. The van der Waals surface area contributed by atoms with Gasteiger partial charge in [-0.2, -0.15) is 10.4 Å². The predicted octanol–water partition coefficient (Wildman–Crippen LogP) is 3.96. The molecule has 24 heavy (non-hydrogen) atoms. The molecule has 2 aromatic rings. The van der Waals surface area contributed by atoms with Crippen LogP contribution in [0.4, 0.5) is 11.6 Å². The first-order valence-corrected chi connectivity index (χ1v) is 8.06. The number of benzene rings is 1. The van der Waals surface area contributed by atoms with Crippen LogP contribution in [0.5, 0.6) is 0 Å². The van der Waals surface area contributed by atoms with E-state index in [9.17, 15) is 5.26 Å². The number of hydrogen-bond donors (Lipinski definition) is 1. The molecule has 0 fully saturated rings. The second kappa shape index (κ2) is 8.16. The number of oxazole rings is 1. The van der Waals surface area contributed by atoms with E-state index in [1.807, 2.05) is 49.3 Å². The van der Waals surface area contributed by atoms with Crippen molar-refractivity contribution >= 4 is 17.8 Å². The normalized spacial score (nSPS) is 11.0. The average molecular weight is 325 g/mol. The van der Waals surface area contributed by atoms with Crippen molar-refractivity contribution in [2.45, 2.75) is 32.6 Å². The summed E-state index contributed by atoms with van der Waals surface area (Å²) in [7, 11) is 3.99. The van der Waals surface area contributed by atoms with E-state index in [2.05, 4.69) is 29.4 Å². The molecule has 0 aliphatic rings. The van der Waals surface area contributed by atoms with E-state index in [0.29, 0.717) is 11.8 Å². The van der Waals surface area contributed by atoms with Gasteiger partial charge in [-0.25, -0.2) is 10.4 Å². The van der Waals surface area contributed by atoms with Crippen LogP contribution in [0.1, 0.15) is 49.8 Å². The molecule has 0 bridgehead atoms. The van der Waals surface area contributed by atoms with E-state index in [4.69, 9.17) is 4.42 Å². The molecule has 0 saturated carbocycles. The Balaban J connectivity index is 2.09. The Bertz CT molecular complexity index is 721. The van der Waals surface area contributed by atoms with Gasteiger partial charge in [0.05, 0.1) is 6.21 Å². The maximum absolute atomic E-state index is 9.19. The number of aromatic nitrogens is 1. The van der Waals surface area contributed by atoms with Crippen LogP contribution in [-0.4, -0.2) is 25.3 Å². The first kappa shape index (κ1) is 17.5. The molecule has 6 nitrogen and oxygen atoms in total. The summed E-state index contributed by atoms with van der Waals surface area (Å²) in [5.41, 5.74) is 5.09. The Morgan fingerprint density at radius 3 is 2.50 bits per heavy atom. The van der Waals surface area contributed by atoms with Crippen LogP contribution in [0.25, 0.3) is 0 Å². The SMILES string of the molecule is CCC(CC)c1nc(C#N)c(NN=Cc2ccc(N(C)C)cc2)o1. The Morgan fingerprint density at radius 2 is 1.96 bits per heavy atom. The molecule has 0 spiro atoms. The molecule has 0 atom stereocenters. The lowest BCUT2D eigenvalue weighted by Crippen LogP contribution is -2.08. The summed E-state index contributed by atoms with van der Waals surface area (Å²) in [6.45, 7) is 4.15. The fourth-order valence-corrected chi connectivity index (χ4v) is 2.32. The monoisotopic (exact) mass is 325 g/mol. The molecule has 0 radical (unpaired) electrons. The summed E-state index contributed by atoms with van der Waals surface area (Å²) in [4.78, 5) is 6.29. The van der Waals surface area contributed by atoms with Crippen LogP contribution in [0.15, 0.2) is 33.8 Å². The molecule has 1 aromatic carbocycles. The van der Waals surface area contributed by atoms with Gasteiger partial charge < -0.3 is 9.32 Å². The van der Waals surface area contributed by atoms with Crippen molar-refractivity contribution in [3.63, 3.8) is 0 Å². The Labute approximate surface area is 142 Å². The van der Waals surface area contributed by atoms with Gasteiger partial charge in [0.15, 0.2) is 0 Å². The molecule has 0 saturated heterocycles. The van der Waals surface area contributed by atoms with Gasteiger partial charge in [0.2, 0.25) is 11.6 Å². The average Bonchev–Trinajstić information content (AvgIpc) is 2.99. The van der Waals surface area contributed by atoms with Gasteiger partial charge in [0.25, 0.3) is 5.88 Å². The van der Waals surface area contributed by atoms with Gasteiger partial charge in [-0.1, -0.05) is 26.0 Å². The smallest absolute Gasteiger partial charge is 0.252 e. The van der Waals surface area contributed by atoms with Crippen LogP contribution < -0.4 is 10.3 Å². The third kappa shape index (κ3) is 4.13. The molecule has 0 amide bonds. The molecular weight excluding hydrogens is 302 g/mol. The van der Waals surface area contributed by atoms with E-state index in [1.54, 1.807) is 6.21 Å². The van der Waals surface area contributed by atoms with Gasteiger partial charge in [0, 0.05) is 25.7 Å². The molecule has 126 valence electrons. The molecule has 0 unspecified atom stereocenters. The zero-order chi connectivity index (χ0) is 17.5. The second-order valence-corrected chi connectivity index (χ2v) is 5.71. The van der Waals surface area contributed by atoms with E-state index in [1.165, 1.54) is 0 Å². The van der Waals surface area contributed by atoms with Crippen LogP contribution in [0, 0.1) is 11.3 Å². The van der Waals surface area contributed by atoms with Crippen molar-refractivity contribution in [1.82, 2.24) is 4.98 Å². The number of rotatable bonds is 7.